The van der Waals surface area contributed by atoms with Crippen molar-refractivity contribution in [2.24, 2.45) is 0 Å². The Bertz CT molecular complexity index is 352. The molecule has 0 spiro atoms. The molecule has 0 radical (unpaired) electrons. The van der Waals surface area contributed by atoms with Crippen molar-refractivity contribution >= 4 is 14.4 Å². The summed E-state index contributed by atoms with van der Waals surface area (Å²) in [4.78, 5) is 12.6. The number of hydrogen-bond donors (Lipinski definition) is 1. The van der Waals surface area contributed by atoms with Gasteiger partial charge in [-0.1, -0.05) is 20.8 Å². The summed E-state index contributed by atoms with van der Waals surface area (Å²) in [6.45, 7) is 11.9. The first kappa shape index (κ1) is 13.8. The first-order valence-corrected chi connectivity index (χ1v) is 9.33. The van der Waals surface area contributed by atoms with Crippen LogP contribution in [0.2, 0.25) is 18.1 Å². The Kier molecular flexibility index (Phi) is 3.24. The molecule has 2 saturated heterocycles. The molecular formula is C12H23NO4Si. The molecule has 0 aromatic rings. The topological polar surface area (TPSA) is 62.3 Å². The fraction of sp³-hybridized carbons (Fsp3) is 0.917. The number of carbonyl (C=O) groups is 1. The first-order valence-electron chi connectivity index (χ1n) is 6.42. The van der Waals surface area contributed by atoms with Crippen LogP contribution in [0.25, 0.3) is 0 Å². The van der Waals surface area contributed by atoms with Crippen molar-refractivity contribution in [3.05, 3.63) is 0 Å². The Labute approximate surface area is 109 Å². The van der Waals surface area contributed by atoms with E-state index in [0.29, 0.717) is 13.2 Å². The molecule has 2 rings (SSSR count). The summed E-state index contributed by atoms with van der Waals surface area (Å²) < 4.78 is 11.5. The van der Waals surface area contributed by atoms with E-state index in [4.69, 9.17) is 14.3 Å². The molecule has 104 valence electrons. The van der Waals surface area contributed by atoms with Crippen LogP contribution in [0, 0.1) is 0 Å². The van der Waals surface area contributed by atoms with Crippen LogP contribution < -0.4 is 0 Å². The molecule has 2 aliphatic rings. The van der Waals surface area contributed by atoms with Gasteiger partial charge in [0.1, 0.15) is 12.2 Å². The van der Waals surface area contributed by atoms with Crippen LogP contribution in [0.15, 0.2) is 0 Å². The van der Waals surface area contributed by atoms with E-state index in [-0.39, 0.29) is 23.3 Å². The van der Waals surface area contributed by atoms with Gasteiger partial charge < -0.3 is 14.3 Å². The van der Waals surface area contributed by atoms with Crippen molar-refractivity contribution in [1.82, 2.24) is 4.90 Å². The smallest absolute Gasteiger partial charge is 0.407 e. The summed E-state index contributed by atoms with van der Waals surface area (Å²) >= 11 is 0. The van der Waals surface area contributed by atoms with E-state index in [2.05, 4.69) is 33.9 Å². The van der Waals surface area contributed by atoms with Crippen molar-refractivity contribution in [2.45, 2.75) is 57.2 Å². The van der Waals surface area contributed by atoms with Gasteiger partial charge in [-0.25, -0.2) is 4.79 Å². The van der Waals surface area contributed by atoms with Crippen molar-refractivity contribution in [3.63, 3.8) is 0 Å². The highest BCUT2D eigenvalue weighted by Crippen LogP contribution is 2.40. The predicted molar refractivity (Wildman–Crippen MR) is 70.3 cm³/mol. The van der Waals surface area contributed by atoms with Crippen LogP contribution in [0.4, 0.5) is 4.79 Å². The second-order valence-electron chi connectivity index (χ2n) is 6.71. The Morgan fingerprint density at radius 1 is 1.50 bits per heavy atom. The minimum Gasteiger partial charge on any atom is -0.465 e. The van der Waals surface area contributed by atoms with E-state index in [0.717, 1.165) is 0 Å². The van der Waals surface area contributed by atoms with E-state index in [1.807, 2.05) is 0 Å². The number of morpholine rings is 1. The van der Waals surface area contributed by atoms with Gasteiger partial charge in [-0.05, 0) is 18.1 Å². The number of nitrogens with zero attached hydrogens (tertiary/aromatic N) is 1. The highest BCUT2D eigenvalue weighted by molar-refractivity contribution is 6.74. The summed E-state index contributed by atoms with van der Waals surface area (Å²) in [7, 11) is -1.82. The van der Waals surface area contributed by atoms with Crippen molar-refractivity contribution in [2.75, 3.05) is 13.2 Å². The molecule has 2 aliphatic heterocycles. The van der Waals surface area contributed by atoms with Gasteiger partial charge in [0.15, 0.2) is 8.32 Å². The standard InChI is InChI=1S/C12H23NO4Si/c1-12(2,3)18(4,5)16-7-8-10-9(17-10)6-13(8)11(14)15/h8-10H,6-7H2,1-5H3,(H,14,15)/t8-,9-,10+/m0/s1. The third-order valence-electron chi connectivity index (χ3n) is 4.44. The van der Waals surface area contributed by atoms with Gasteiger partial charge in [0.05, 0.1) is 19.2 Å². The Hall–Kier alpha value is -0.593. The first-order chi connectivity index (χ1) is 8.13. The second-order valence-corrected chi connectivity index (χ2v) is 11.5. The number of epoxide rings is 1. The average Bonchev–Trinajstić information content (AvgIpc) is 2.87. The maximum Gasteiger partial charge on any atom is 0.407 e. The zero-order chi connectivity index (χ0) is 13.7. The highest BCUT2D eigenvalue weighted by atomic mass is 28.4. The van der Waals surface area contributed by atoms with Gasteiger partial charge in [0.2, 0.25) is 0 Å². The zero-order valence-electron chi connectivity index (χ0n) is 11.8. The maximum atomic E-state index is 11.1. The molecular weight excluding hydrogens is 250 g/mol. The Morgan fingerprint density at radius 3 is 2.61 bits per heavy atom. The maximum absolute atomic E-state index is 11.1. The number of hydrogen-bond acceptors (Lipinski definition) is 3. The molecule has 0 aromatic heterocycles. The summed E-state index contributed by atoms with van der Waals surface area (Å²) in [5, 5.41) is 9.28. The van der Waals surface area contributed by atoms with Gasteiger partial charge >= 0.3 is 6.09 Å². The van der Waals surface area contributed by atoms with E-state index < -0.39 is 14.4 Å². The van der Waals surface area contributed by atoms with Crippen LogP contribution in [-0.4, -0.2) is 55.8 Å². The minimum atomic E-state index is -1.82. The van der Waals surface area contributed by atoms with Gasteiger partial charge in [-0.3, -0.25) is 4.90 Å². The lowest BCUT2D eigenvalue weighted by Crippen LogP contribution is -2.47. The molecule has 0 bridgehead atoms. The lowest BCUT2D eigenvalue weighted by atomic mass is 10.2. The van der Waals surface area contributed by atoms with Crippen LogP contribution in [0.3, 0.4) is 0 Å². The number of amides is 1. The monoisotopic (exact) mass is 273 g/mol. The third-order valence-corrected chi connectivity index (χ3v) is 8.95. The summed E-state index contributed by atoms with van der Waals surface area (Å²) in [5.41, 5.74) is 0. The lowest BCUT2D eigenvalue weighted by molar-refractivity contribution is 0.0822. The van der Waals surface area contributed by atoms with Gasteiger partial charge in [0.25, 0.3) is 0 Å². The SMILES string of the molecule is CC(C)(C)[Si](C)(C)OC[C@H]1[C@H]2O[C@H]2CN1C(=O)O. The molecule has 2 heterocycles. The quantitative estimate of drug-likeness (QED) is 0.632. The van der Waals surface area contributed by atoms with E-state index >= 15 is 0 Å². The summed E-state index contributed by atoms with van der Waals surface area (Å²) in [6.07, 6.45) is -0.699. The number of fused-ring (bicyclic) bond motifs is 1. The van der Waals surface area contributed by atoms with Gasteiger partial charge in [-0.15, -0.1) is 0 Å². The lowest BCUT2D eigenvalue weighted by Gasteiger charge is -2.37. The zero-order valence-corrected chi connectivity index (χ0v) is 12.8. The molecule has 18 heavy (non-hydrogen) atoms. The second kappa shape index (κ2) is 4.21. The predicted octanol–water partition coefficient (Wildman–Crippen LogP) is 2.14. The largest absolute Gasteiger partial charge is 0.465 e. The molecule has 1 N–H and O–H groups in total. The summed E-state index contributed by atoms with van der Waals surface area (Å²) in [5.74, 6) is 0. The molecule has 1 amide bonds. The highest BCUT2D eigenvalue weighted by Gasteiger charge is 2.56. The van der Waals surface area contributed by atoms with E-state index in [1.165, 1.54) is 4.90 Å². The fourth-order valence-electron chi connectivity index (χ4n) is 2.06. The van der Waals surface area contributed by atoms with Crippen LogP contribution in [0.5, 0.6) is 0 Å². The van der Waals surface area contributed by atoms with Crippen LogP contribution >= 0.6 is 0 Å². The van der Waals surface area contributed by atoms with E-state index in [9.17, 15) is 4.79 Å². The van der Waals surface area contributed by atoms with Crippen molar-refractivity contribution < 1.29 is 19.1 Å². The number of ether oxygens (including phenoxy) is 1. The van der Waals surface area contributed by atoms with Crippen LogP contribution in [-0.2, 0) is 9.16 Å². The molecule has 2 fully saturated rings. The minimum absolute atomic E-state index is 0.0610. The van der Waals surface area contributed by atoms with Gasteiger partial charge in [0, 0.05) is 0 Å². The fourth-order valence-corrected chi connectivity index (χ4v) is 3.08. The summed E-state index contributed by atoms with van der Waals surface area (Å²) in [6, 6.07) is -0.123. The molecule has 3 atom stereocenters. The average molecular weight is 273 g/mol. The number of likely N-dealkylation sites (tertiary alicyclic amines) is 1. The third kappa shape index (κ3) is 2.41. The molecule has 0 unspecified atom stereocenters. The normalized spacial score (nSPS) is 31.4. The molecule has 0 saturated carbocycles. The molecule has 0 aromatic carbocycles. The number of rotatable bonds is 3. The van der Waals surface area contributed by atoms with Crippen molar-refractivity contribution in [3.8, 4) is 0 Å². The molecule has 0 aliphatic carbocycles. The Balaban J connectivity index is 1.95. The number of carboxylic acid groups (broad SMARTS) is 1. The van der Waals surface area contributed by atoms with E-state index in [1.54, 1.807) is 0 Å². The van der Waals surface area contributed by atoms with Crippen molar-refractivity contribution in [1.29, 1.82) is 0 Å². The Morgan fingerprint density at radius 2 is 2.11 bits per heavy atom. The molecule has 6 heteroatoms. The molecule has 5 nitrogen and oxygen atoms in total. The van der Waals surface area contributed by atoms with Gasteiger partial charge in [-0.2, -0.15) is 0 Å². The van der Waals surface area contributed by atoms with Crippen LogP contribution in [0.1, 0.15) is 20.8 Å².